The summed E-state index contributed by atoms with van der Waals surface area (Å²) in [6.45, 7) is 5.75. The number of rotatable bonds is 6. The van der Waals surface area contributed by atoms with Gasteiger partial charge in [0.1, 0.15) is 0 Å². The lowest BCUT2D eigenvalue weighted by Crippen LogP contribution is -2.31. The summed E-state index contributed by atoms with van der Waals surface area (Å²) in [6.07, 6.45) is 2.55. The zero-order valence-electron chi connectivity index (χ0n) is 10.1. The predicted octanol–water partition coefficient (Wildman–Crippen LogP) is 1.29. The molecule has 0 unspecified atom stereocenters. The van der Waals surface area contributed by atoms with Gasteiger partial charge < -0.3 is 10.2 Å². The van der Waals surface area contributed by atoms with Gasteiger partial charge in [-0.15, -0.1) is 0 Å². The van der Waals surface area contributed by atoms with Crippen molar-refractivity contribution in [1.82, 2.24) is 14.9 Å². The third-order valence-electron chi connectivity index (χ3n) is 2.36. The molecule has 0 saturated heterocycles. The van der Waals surface area contributed by atoms with E-state index in [-0.39, 0.29) is 5.91 Å². The summed E-state index contributed by atoms with van der Waals surface area (Å²) in [5.41, 5.74) is 0. The summed E-state index contributed by atoms with van der Waals surface area (Å²) in [5, 5.41) is 2.87. The zero-order valence-corrected chi connectivity index (χ0v) is 10.1. The third-order valence-corrected chi connectivity index (χ3v) is 2.36. The summed E-state index contributed by atoms with van der Waals surface area (Å²) in [7, 11) is 0. The van der Waals surface area contributed by atoms with E-state index in [9.17, 15) is 9.18 Å². The van der Waals surface area contributed by atoms with Gasteiger partial charge in [-0.1, -0.05) is 0 Å². The van der Waals surface area contributed by atoms with Crippen LogP contribution in [0.25, 0.3) is 0 Å². The average molecular weight is 240 g/mol. The van der Waals surface area contributed by atoms with Crippen molar-refractivity contribution in [3.05, 3.63) is 18.2 Å². The summed E-state index contributed by atoms with van der Waals surface area (Å²) in [6, 6.07) is 0. The van der Waals surface area contributed by atoms with Crippen molar-refractivity contribution in [2.75, 3.05) is 25.0 Å². The van der Waals surface area contributed by atoms with Crippen LogP contribution in [0.1, 0.15) is 20.3 Å². The number of aromatic nitrogens is 2. The second-order valence-corrected chi connectivity index (χ2v) is 3.47. The highest BCUT2D eigenvalue weighted by Gasteiger charge is 2.08. The van der Waals surface area contributed by atoms with Crippen LogP contribution in [-0.2, 0) is 4.79 Å². The molecule has 94 valence electrons. The van der Waals surface area contributed by atoms with Crippen molar-refractivity contribution >= 4 is 11.9 Å². The Morgan fingerprint density at radius 3 is 2.47 bits per heavy atom. The Labute approximate surface area is 100 Å². The smallest absolute Gasteiger partial charge is 0.224 e. The fourth-order valence-corrected chi connectivity index (χ4v) is 1.42. The van der Waals surface area contributed by atoms with Crippen LogP contribution in [0.15, 0.2) is 12.4 Å². The van der Waals surface area contributed by atoms with E-state index in [1.807, 2.05) is 13.8 Å². The molecule has 5 nitrogen and oxygen atoms in total. The highest BCUT2D eigenvalue weighted by Crippen LogP contribution is 1.99. The van der Waals surface area contributed by atoms with E-state index in [0.717, 1.165) is 12.4 Å². The number of hydrogen-bond donors (Lipinski definition) is 1. The standard InChI is InChI=1S/C11H17FN4O/c1-3-16(4-2)10(17)5-6-13-11-14-7-9(12)8-15-11/h7-8H,3-6H2,1-2H3,(H,13,14,15). The minimum atomic E-state index is -0.477. The van der Waals surface area contributed by atoms with Gasteiger partial charge in [0.05, 0.1) is 12.4 Å². The molecular weight excluding hydrogens is 223 g/mol. The van der Waals surface area contributed by atoms with Crippen molar-refractivity contribution in [1.29, 1.82) is 0 Å². The number of anilines is 1. The lowest BCUT2D eigenvalue weighted by Gasteiger charge is -2.18. The first kappa shape index (κ1) is 13.3. The quantitative estimate of drug-likeness (QED) is 0.814. The molecule has 1 aromatic heterocycles. The number of carbonyl (C=O) groups is 1. The van der Waals surface area contributed by atoms with Crippen LogP contribution in [0.3, 0.4) is 0 Å². The SMILES string of the molecule is CCN(CC)C(=O)CCNc1ncc(F)cn1. The van der Waals surface area contributed by atoms with Gasteiger partial charge in [0.25, 0.3) is 0 Å². The highest BCUT2D eigenvalue weighted by atomic mass is 19.1. The topological polar surface area (TPSA) is 58.1 Å². The Bertz CT molecular complexity index is 351. The molecule has 1 amide bonds. The fraction of sp³-hybridized carbons (Fsp3) is 0.545. The predicted molar refractivity (Wildman–Crippen MR) is 63.0 cm³/mol. The van der Waals surface area contributed by atoms with Crippen LogP contribution in [0, 0.1) is 5.82 Å². The molecule has 0 spiro atoms. The molecule has 0 atom stereocenters. The Morgan fingerprint density at radius 1 is 1.35 bits per heavy atom. The van der Waals surface area contributed by atoms with Crippen molar-refractivity contribution in [2.45, 2.75) is 20.3 Å². The van der Waals surface area contributed by atoms with Gasteiger partial charge in [-0.05, 0) is 13.8 Å². The van der Waals surface area contributed by atoms with Gasteiger partial charge >= 0.3 is 0 Å². The van der Waals surface area contributed by atoms with E-state index in [2.05, 4.69) is 15.3 Å². The molecule has 0 aliphatic carbocycles. The van der Waals surface area contributed by atoms with Crippen molar-refractivity contribution in [3.63, 3.8) is 0 Å². The average Bonchev–Trinajstić information content (AvgIpc) is 2.33. The van der Waals surface area contributed by atoms with Gasteiger partial charge in [-0.2, -0.15) is 0 Å². The lowest BCUT2D eigenvalue weighted by atomic mass is 10.3. The monoisotopic (exact) mass is 240 g/mol. The second-order valence-electron chi connectivity index (χ2n) is 3.47. The largest absolute Gasteiger partial charge is 0.354 e. The first-order valence-electron chi connectivity index (χ1n) is 5.66. The summed E-state index contributed by atoms with van der Waals surface area (Å²) >= 11 is 0. The van der Waals surface area contributed by atoms with Crippen LogP contribution in [-0.4, -0.2) is 40.4 Å². The summed E-state index contributed by atoms with van der Waals surface area (Å²) in [4.78, 5) is 20.9. The number of hydrogen-bond acceptors (Lipinski definition) is 4. The molecule has 0 bridgehead atoms. The maximum atomic E-state index is 12.5. The molecule has 0 fully saturated rings. The van der Waals surface area contributed by atoms with E-state index in [1.165, 1.54) is 0 Å². The van der Waals surface area contributed by atoms with Crippen LogP contribution < -0.4 is 5.32 Å². The number of halogens is 1. The molecule has 0 saturated carbocycles. The van der Waals surface area contributed by atoms with E-state index >= 15 is 0 Å². The van der Waals surface area contributed by atoms with E-state index in [4.69, 9.17) is 0 Å². The number of nitrogens with zero attached hydrogens (tertiary/aromatic N) is 3. The molecule has 0 aliphatic heterocycles. The van der Waals surface area contributed by atoms with E-state index < -0.39 is 5.82 Å². The molecule has 6 heteroatoms. The van der Waals surface area contributed by atoms with Gasteiger partial charge in [0.15, 0.2) is 5.82 Å². The van der Waals surface area contributed by atoms with Crippen LogP contribution in [0.4, 0.5) is 10.3 Å². The van der Waals surface area contributed by atoms with Gasteiger partial charge in [0, 0.05) is 26.1 Å². The maximum absolute atomic E-state index is 12.5. The molecule has 17 heavy (non-hydrogen) atoms. The number of nitrogens with one attached hydrogen (secondary N) is 1. The van der Waals surface area contributed by atoms with Crippen molar-refractivity contribution < 1.29 is 9.18 Å². The third kappa shape index (κ3) is 4.34. The summed E-state index contributed by atoms with van der Waals surface area (Å²) in [5.74, 6) is -0.0573. The van der Waals surface area contributed by atoms with Crippen molar-refractivity contribution in [3.8, 4) is 0 Å². The van der Waals surface area contributed by atoms with Crippen LogP contribution in [0.5, 0.6) is 0 Å². The molecule has 1 N–H and O–H groups in total. The maximum Gasteiger partial charge on any atom is 0.224 e. The fourth-order valence-electron chi connectivity index (χ4n) is 1.42. The lowest BCUT2D eigenvalue weighted by molar-refractivity contribution is -0.130. The Kier molecular flexibility index (Phi) is 5.32. The Morgan fingerprint density at radius 2 is 1.94 bits per heavy atom. The van der Waals surface area contributed by atoms with Gasteiger partial charge in [-0.25, -0.2) is 14.4 Å². The van der Waals surface area contributed by atoms with Crippen LogP contribution >= 0.6 is 0 Å². The number of amides is 1. The summed E-state index contributed by atoms with van der Waals surface area (Å²) < 4.78 is 12.5. The van der Waals surface area contributed by atoms with Crippen molar-refractivity contribution in [2.24, 2.45) is 0 Å². The molecule has 0 radical (unpaired) electrons. The molecule has 1 rings (SSSR count). The molecule has 0 aliphatic rings. The molecular formula is C11H17FN4O. The first-order chi connectivity index (χ1) is 8.17. The Balaban J connectivity index is 2.32. The van der Waals surface area contributed by atoms with E-state index in [0.29, 0.717) is 32.0 Å². The minimum absolute atomic E-state index is 0.0876. The number of carbonyl (C=O) groups excluding carboxylic acids is 1. The molecule has 1 aromatic rings. The zero-order chi connectivity index (χ0) is 12.7. The van der Waals surface area contributed by atoms with Gasteiger partial charge in [0.2, 0.25) is 11.9 Å². The highest BCUT2D eigenvalue weighted by molar-refractivity contribution is 5.76. The molecule has 1 heterocycles. The Hall–Kier alpha value is -1.72. The van der Waals surface area contributed by atoms with Gasteiger partial charge in [-0.3, -0.25) is 4.79 Å². The minimum Gasteiger partial charge on any atom is -0.354 e. The van der Waals surface area contributed by atoms with Crippen LogP contribution in [0.2, 0.25) is 0 Å². The van der Waals surface area contributed by atoms with E-state index in [1.54, 1.807) is 4.90 Å². The normalized spacial score (nSPS) is 10.1. The first-order valence-corrected chi connectivity index (χ1v) is 5.66. The molecule has 0 aromatic carbocycles. The second kappa shape index (κ2) is 6.78.